The standard InChI is InChI=1S/C19H20Cl2FN3O/c20-15-5-4-14(18(21)12-15)6-7-24-8-10-25(11-9-24)19(26)23-17-3-1-2-16(22)13-17/h1-5,12-13H,6-11H2,(H,23,26). The Morgan fingerprint density at radius 1 is 1.08 bits per heavy atom. The second kappa shape index (κ2) is 8.71. The molecule has 1 N–H and O–H groups in total. The summed E-state index contributed by atoms with van der Waals surface area (Å²) in [6.45, 7) is 3.73. The maximum atomic E-state index is 13.2. The molecule has 1 saturated heterocycles. The lowest BCUT2D eigenvalue weighted by atomic mass is 10.1. The first-order valence-electron chi connectivity index (χ1n) is 8.49. The zero-order chi connectivity index (χ0) is 18.5. The SMILES string of the molecule is O=C(Nc1cccc(F)c1)N1CCN(CCc2ccc(Cl)cc2Cl)CC1. The summed E-state index contributed by atoms with van der Waals surface area (Å²) in [4.78, 5) is 16.3. The number of anilines is 1. The lowest BCUT2D eigenvalue weighted by Gasteiger charge is -2.34. The molecular weight excluding hydrogens is 376 g/mol. The number of carbonyl (C=O) groups is 1. The molecule has 0 atom stereocenters. The van der Waals surface area contributed by atoms with E-state index in [1.54, 1.807) is 23.1 Å². The molecule has 0 spiro atoms. The molecule has 2 amide bonds. The van der Waals surface area contributed by atoms with Gasteiger partial charge in [-0.2, -0.15) is 0 Å². The van der Waals surface area contributed by atoms with Crippen molar-refractivity contribution in [1.29, 1.82) is 0 Å². The second-order valence-electron chi connectivity index (χ2n) is 6.25. The van der Waals surface area contributed by atoms with E-state index in [0.717, 1.165) is 31.6 Å². The predicted octanol–water partition coefficient (Wildman–Crippen LogP) is 4.52. The van der Waals surface area contributed by atoms with Gasteiger partial charge in [0.1, 0.15) is 5.82 Å². The van der Waals surface area contributed by atoms with Crippen LogP contribution in [-0.2, 0) is 6.42 Å². The molecule has 4 nitrogen and oxygen atoms in total. The minimum atomic E-state index is -0.367. The van der Waals surface area contributed by atoms with Gasteiger partial charge in [-0.1, -0.05) is 35.3 Å². The average Bonchev–Trinajstić information content (AvgIpc) is 2.61. The fourth-order valence-electron chi connectivity index (χ4n) is 2.95. The highest BCUT2D eigenvalue weighted by Gasteiger charge is 2.21. The topological polar surface area (TPSA) is 35.6 Å². The third kappa shape index (κ3) is 5.10. The van der Waals surface area contributed by atoms with Gasteiger partial charge in [0, 0.05) is 48.5 Å². The molecule has 1 fully saturated rings. The van der Waals surface area contributed by atoms with E-state index in [1.807, 2.05) is 12.1 Å². The van der Waals surface area contributed by atoms with Crippen molar-refractivity contribution in [2.45, 2.75) is 6.42 Å². The third-order valence-electron chi connectivity index (χ3n) is 4.45. The van der Waals surface area contributed by atoms with Crippen LogP contribution in [0.3, 0.4) is 0 Å². The smallest absolute Gasteiger partial charge is 0.321 e. The Labute approximate surface area is 162 Å². The van der Waals surface area contributed by atoms with Gasteiger partial charge in [-0.25, -0.2) is 9.18 Å². The number of piperazine rings is 1. The number of amides is 2. The number of benzene rings is 2. The van der Waals surface area contributed by atoms with Crippen molar-refractivity contribution >= 4 is 34.9 Å². The van der Waals surface area contributed by atoms with Gasteiger partial charge >= 0.3 is 6.03 Å². The summed E-state index contributed by atoms with van der Waals surface area (Å²) < 4.78 is 13.2. The van der Waals surface area contributed by atoms with Crippen LogP contribution in [0, 0.1) is 5.82 Å². The molecular formula is C19H20Cl2FN3O. The molecule has 0 unspecified atom stereocenters. The molecule has 0 radical (unpaired) electrons. The molecule has 3 rings (SSSR count). The maximum absolute atomic E-state index is 13.2. The van der Waals surface area contributed by atoms with Gasteiger partial charge in [-0.3, -0.25) is 4.90 Å². The molecule has 0 aromatic heterocycles. The normalized spacial score (nSPS) is 15.1. The number of rotatable bonds is 4. The van der Waals surface area contributed by atoms with Gasteiger partial charge in [0.25, 0.3) is 0 Å². The molecule has 2 aromatic rings. The predicted molar refractivity (Wildman–Crippen MR) is 104 cm³/mol. The fourth-order valence-corrected chi connectivity index (χ4v) is 3.45. The van der Waals surface area contributed by atoms with Crippen molar-refractivity contribution in [1.82, 2.24) is 9.80 Å². The van der Waals surface area contributed by atoms with E-state index in [9.17, 15) is 9.18 Å². The first-order chi connectivity index (χ1) is 12.5. The highest BCUT2D eigenvalue weighted by Crippen LogP contribution is 2.21. The van der Waals surface area contributed by atoms with Crippen molar-refractivity contribution < 1.29 is 9.18 Å². The number of halogens is 3. The first-order valence-corrected chi connectivity index (χ1v) is 9.24. The molecule has 1 aliphatic rings. The van der Waals surface area contributed by atoms with Crippen LogP contribution >= 0.6 is 23.2 Å². The van der Waals surface area contributed by atoms with Crippen molar-refractivity contribution in [2.24, 2.45) is 0 Å². The summed E-state index contributed by atoms with van der Waals surface area (Å²) in [5.41, 5.74) is 1.54. The lowest BCUT2D eigenvalue weighted by molar-refractivity contribution is 0.148. The quantitative estimate of drug-likeness (QED) is 0.825. The van der Waals surface area contributed by atoms with Crippen LogP contribution < -0.4 is 5.32 Å². The van der Waals surface area contributed by atoms with Crippen LogP contribution in [0.1, 0.15) is 5.56 Å². The van der Waals surface area contributed by atoms with E-state index in [2.05, 4.69) is 10.2 Å². The molecule has 1 heterocycles. The van der Waals surface area contributed by atoms with Crippen LogP contribution in [0.15, 0.2) is 42.5 Å². The van der Waals surface area contributed by atoms with Crippen LogP contribution in [0.25, 0.3) is 0 Å². The van der Waals surface area contributed by atoms with E-state index >= 15 is 0 Å². The third-order valence-corrected chi connectivity index (χ3v) is 5.03. The maximum Gasteiger partial charge on any atom is 0.321 e. The Hall–Kier alpha value is -1.82. The Balaban J connectivity index is 1.45. The Morgan fingerprint density at radius 3 is 2.54 bits per heavy atom. The highest BCUT2D eigenvalue weighted by atomic mass is 35.5. The Bertz CT molecular complexity index is 779. The highest BCUT2D eigenvalue weighted by molar-refractivity contribution is 6.35. The summed E-state index contributed by atoms with van der Waals surface area (Å²) in [6.07, 6.45) is 0.839. The Morgan fingerprint density at radius 2 is 1.85 bits per heavy atom. The fraction of sp³-hybridized carbons (Fsp3) is 0.316. The van der Waals surface area contributed by atoms with E-state index in [-0.39, 0.29) is 11.8 Å². The van der Waals surface area contributed by atoms with E-state index < -0.39 is 0 Å². The summed E-state index contributed by atoms with van der Waals surface area (Å²) in [6, 6.07) is 11.3. The second-order valence-corrected chi connectivity index (χ2v) is 7.10. The zero-order valence-corrected chi connectivity index (χ0v) is 15.7. The first kappa shape index (κ1) is 19.0. The number of urea groups is 1. The van der Waals surface area contributed by atoms with E-state index in [4.69, 9.17) is 23.2 Å². The molecule has 0 saturated carbocycles. The van der Waals surface area contributed by atoms with Gasteiger partial charge in [0.15, 0.2) is 0 Å². The number of hydrogen-bond donors (Lipinski definition) is 1. The van der Waals surface area contributed by atoms with Gasteiger partial charge in [0.05, 0.1) is 0 Å². The van der Waals surface area contributed by atoms with Crippen LogP contribution in [0.2, 0.25) is 10.0 Å². The van der Waals surface area contributed by atoms with Crippen molar-refractivity contribution in [3.8, 4) is 0 Å². The minimum Gasteiger partial charge on any atom is -0.322 e. The summed E-state index contributed by atoms with van der Waals surface area (Å²) in [7, 11) is 0. The van der Waals surface area contributed by atoms with Crippen molar-refractivity contribution in [2.75, 3.05) is 38.0 Å². The van der Waals surface area contributed by atoms with Crippen molar-refractivity contribution in [3.63, 3.8) is 0 Å². The average molecular weight is 396 g/mol. The largest absolute Gasteiger partial charge is 0.322 e. The van der Waals surface area contributed by atoms with Gasteiger partial charge in [0.2, 0.25) is 0 Å². The molecule has 0 bridgehead atoms. The molecule has 2 aromatic carbocycles. The van der Waals surface area contributed by atoms with Gasteiger partial charge in [-0.15, -0.1) is 0 Å². The van der Waals surface area contributed by atoms with Crippen LogP contribution in [0.5, 0.6) is 0 Å². The molecule has 138 valence electrons. The zero-order valence-electron chi connectivity index (χ0n) is 14.2. The van der Waals surface area contributed by atoms with Gasteiger partial charge in [-0.05, 0) is 42.3 Å². The van der Waals surface area contributed by atoms with Crippen LogP contribution in [0.4, 0.5) is 14.9 Å². The number of carbonyl (C=O) groups excluding carboxylic acids is 1. The van der Waals surface area contributed by atoms with Crippen molar-refractivity contribution in [3.05, 3.63) is 63.9 Å². The molecule has 1 aliphatic heterocycles. The summed E-state index contributed by atoms with van der Waals surface area (Å²) in [5.74, 6) is -0.367. The molecule has 26 heavy (non-hydrogen) atoms. The number of hydrogen-bond acceptors (Lipinski definition) is 2. The minimum absolute atomic E-state index is 0.198. The number of nitrogens with one attached hydrogen (secondary N) is 1. The van der Waals surface area contributed by atoms with Crippen LogP contribution in [-0.4, -0.2) is 48.6 Å². The summed E-state index contributed by atoms with van der Waals surface area (Å²) in [5, 5.41) is 4.06. The Kier molecular flexibility index (Phi) is 6.35. The monoisotopic (exact) mass is 395 g/mol. The molecule has 7 heteroatoms. The van der Waals surface area contributed by atoms with E-state index in [1.165, 1.54) is 12.1 Å². The lowest BCUT2D eigenvalue weighted by Crippen LogP contribution is -2.50. The summed E-state index contributed by atoms with van der Waals surface area (Å²) >= 11 is 12.1. The van der Waals surface area contributed by atoms with Gasteiger partial charge < -0.3 is 10.2 Å². The number of nitrogens with zero attached hydrogens (tertiary/aromatic N) is 2. The van der Waals surface area contributed by atoms with E-state index in [0.29, 0.717) is 28.8 Å². The molecule has 0 aliphatic carbocycles.